The van der Waals surface area contributed by atoms with Crippen molar-refractivity contribution in [1.82, 2.24) is 14.6 Å². The van der Waals surface area contributed by atoms with E-state index >= 15 is 0 Å². The summed E-state index contributed by atoms with van der Waals surface area (Å²) in [6.45, 7) is 6.66. The molecule has 5 nitrogen and oxygen atoms in total. The van der Waals surface area contributed by atoms with Crippen LogP contribution in [-0.4, -0.2) is 26.8 Å². The summed E-state index contributed by atoms with van der Waals surface area (Å²) in [6, 6.07) is 0. The van der Waals surface area contributed by atoms with Gasteiger partial charge < -0.3 is 9.84 Å². The Balaban J connectivity index is 2.55. The normalized spacial score (nSPS) is 12.5. The number of aromatic nitrogens is 3. The lowest BCUT2D eigenvalue weighted by molar-refractivity contribution is 0.183. The van der Waals surface area contributed by atoms with Crippen molar-refractivity contribution in [2.75, 3.05) is 7.11 Å². The van der Waals surface area contributed by atoms with Crippen LogP contribution in [0, 0.1) is 0 Å². The highest BCUT2D eigenvalue weighted by Crippen LogP contribution is 2.28. The van der Waals surface area contributed by atoms with Crippen molar-refractivity contribution in [2.24, 2.45) is 0 Å². The van der Waals surface area contributed by atoms with Gasteiger partial charge in [-0.3, -0.25) is 0 Å². The Morgan fingerprint density at radius 3 is 2.65 bits per heavy atom. The molecule has 2 aromatic rings. The second-order valence-corrected chi connectivity index (χ2v) is 5.98. The minimum absolute atomic E-state index is 0.0517. The van der Waals surface area contributed by atoms with Gasteiger partial charge >= 0.3 is 0 Å². The van der Waals surface area contributed by atoms with Crippen molar-refractivity contribution in [3.8, 4) is 0 Å². The van der Waals surface area contributed by atoms with E-state index in [1.165, 1.54) is 11.3 Å². The number of hydrogen-bond acceptors (Lipinski definition) is 5. The Bertz CT molecular complexity index is 525. The van der Waals surface area contributed by atoms with Gasteiger partial charge in [-0.25, -0.2) is 9.50 Å². The summed E-state index contributed by atoms with van der Waals surface area (Å²) >= 11 is 1.49. The number of rotatable bonds is 3. The number of imidazole rings is 1. The van der Waals surface area contributed by atoms with E-state index in [0.29, 0.717) is 6.61 Å². The van der Waals surface area contributed by atoms with Gasteiger partial charge in [-0.2, -0.15) is 5.10 Å². The second kappa shape index (κ2) is 4.36. The van der Waals surface area contributed by atoms with Crippen LogP contribution in [0.2, 0.25) is 0 Å². The minimum Gasteiger partial charge on any atom is -0.390 e. The Kier molecular flexibility index (Phi) is 3.20. The zero-order chi connectivity index (χ0) is 12.6. The van der Waals surface area contributed by atoms with Crippen LogP contribution in [0.15, 0.2) is 0 Å². The van der Waals surface area contributed by atoms with Gasteiger partial charge in [0.05, 0.1) is 24.6 Å². The first-order valence-electron chi connectivity index (χ1n) is 5.45. The molecule has 1 N–H and O–H groups in total. The molecule has 0 radical (unpaired) electrons. The van der Waals surface area contributed by atoms with Gasteiger partial charge in [0.15, 0.2) is 0 Å². The van der Waals surface area contributed by atoms with Crippen LogP contribution in [0.25, 0.3) is 4.96 Å². The lowest BCUT2D eigenvalue weighted by atomic mass is 9.91. The number of aliphatic hydroxyl groups is 1. The fourth-order valence-corrected chi connectivity index (χ4v) is 2.64. The monoisotopic (exact) mass is 255 g/mol. The molecule has 0 spiro atoms. The molecule has 0 unspecified atom stereocenters. The predicted octanol–water partition coefficient (Wildman–Crippen LogP) is 1.73. The van der Waals surface area contributed by atoms with E-state index in [-0.39, 0.29) is 12.0 Å². The average molecular weight is 255 g/mol. The van der Waals surface area contributed by atoms with Crippen LogP contribution in [-0.2, 0) is 23.4 Å². The molecule has 0 aromatic carbocycles. The molecule has 2 heterocycles. The van der Waals surface area contributed by atoms with Gasteiger partial charge in [0.25, 0.3) is 0 Å². The van der Waals surface area contributed by atoms with Crippen LogP contribution < -0.4 is 0 Å². The van der Waals surface area contributed by atoms with E-state index in [1.807, 2.05) is 0 Å². The van der Waals surface area contributed by atoms with Gasteiger partial charge in [-0.1, -0.05) is 32.1 Å². The first kappa shape index (κ1) is 12.5. The fraction of sp³-hybridized carbons (Fsp3) is 0.636. The van der Waals surface area contributed by atoms with Gasteiger partial charge in [0.1, 0.15) is 5.01 Å². The van der Waals surface area contributed by atoms with Gasteiger partial charge in [0.2, 0.25) is 4.96 Å². The maximum absolute atomic E-state index is 9.48. The number of ether oxygens (including phenoxy) is 1. The summed E-state index contributed by atoms with van der Waals surface area (Å²) in [6.07, 6.45) is 0. The van der Waals surface area contributed by atoms with Crippen LogP contribution in [0.3, 0.4) is 0 Å². The Hall–Kier alpha value is -0.980. The molecule has 0 atom stereocenters. The third kappa shape index (κ3) is 2.20. The highest BCUT2D eigenvalue weighted by atomic mass is 32.1. The molecule has 0 saturated heterocycles. The predicted molar refractivity (Wildman–Crippen MR) is 66.2 cm³/mol. The van der Waals surface area contributed by atoms with E-state index in [0.717, 1.165) is 21.4 Å². The third-order valence-electron chi connectivity index (χ3n) is 2.47. The number of methoxy groups -OCH3 is 1. The molecule has 2 rings (SSSR count). The number of fused-ring (bicyclic) bond motifs is 1. The van der Waals surface area contributed by atoms with Crippen LogP contribution in [0.1, 0.15) is 37.2 Å². The van der Waals surface area contributed by atoms with E-state index in [9.17, 15) is 5.11 Å². The second-order valence-electron chi connectivity index (χ2n) is 4.94. The van der Waals surface area contributed by atoms with Crippen molar-refractivity contribution in [2.45, 2.75) is 39.4 Å². The highest BCUT2D eigenvalue weighted by Gasteiger charge is 2.25. The quantitative estimate of drug-likeness (QED) is 0.907. The molecule has 0 fully saturated rings. The summed E-state index contributed by atoms with van der Waals surface area (Å²) in [5.74, 6) is 0. The smallest absolute Gasteiger partial charge is 0.212 e. The summed E-state index contributed by atoms with van der Waals surface area (Å²) in [5, 5.41) is 14.7. The molecule has 94 valence electrons. The molecule has 0 amide bonds. The van der Waals surface area contributed by atoms with Crippen LogP contribution >= 0.6 is 11.3 Å². The molecule has 0 bridgehead atoms. The zero-order valence-corrected chi connectivity index (χ0v) is 11.3. The molecular weight excluding hydrogens is 238 g/mol. The van der Waals surface area contributed by atoms with Crippen LogP contribution in [0.4, 0.5) is 0 Å². The van der Waals surface area contributed by atoms with Crippen molar-refractivity contribution < 1.29 is 9.84 Å². The number of nitrogens with zero attached hydrogens (tertiary/aromatic N) is 3. The lowest BCUT2D eigenvalue weighted by Crippen LogP contribution is -2.15. The highest BCUT2D eigenvalue weighted by molar-refractivity contribution is 7.16. The van der Waals surface area contributed by atoms with Crippen molar-refractivity contribution >= 4 is 16.3 Å². The van der Waals surface area contributed by atoms with Gasteiger partial charge in [-0.15, -0.1) is 0 Å². The third-order valence-corrected chi connectivity index (χ3v) is 3.35. The van der Waals surface area contributed by atoms with Crippen molar-refractivity contribution in [3.63, 3.8) is 0 Å². The van der Waals surface area contributed by atoms with Crippen molar-refractivity contribution in [3.05, 3.63) is 16.4 Å². The standard InChI is InChI=1S/C11H17N3O2S/c1-11(2,3)9-7(5-15)14-10(12-9)17-8(13-14)6-16-4/h15H,5-6H2,1-4H3. The average Bonchev–Trinajstić information content (AvgIpc) is 2.73. The Labute approximate surface area is 104 Å². The van der Waals surface area contributed by atoms with Crippen molar-refractivity contribution in [1.29, 1.82) is 0 Å². The van der Waals surface area contributed by atoms with E-state index in [1.54, 1.807) is 11.6 Å². The zero-order valence-electron chi connectivity index (χ0n) is 10.5. The van der Waals surface area contributed by atoms with Gasteiger partial charge in [0, 0.05) is 12.5 Å². The largest absolute Gasteiger partial charge is 0.390 e. The molecule has 0 aliphatic carbocycles. The maximum Gasteiger partial charge on any atom is 0.212 e. The summed E-state index contributed by atoms with van der Waals surface area (Å²) in [7, 11) is 1.64. The molecule has 2 aromatic heterocycles. The molecule has 0 aliphatic heterocycles. The fourth-order valence-electron chi connectivity index (χ4n) is 1.75. The first-order valence-corrected chi connectivity index (χ1v) is 6.26. The minimum atomic E-state index is -0.0904. The topological polar surface area (TPSA) is 59.7 Å². The van der Waals surface area contributed by atoms with E-state index in [2.05, 4.69) is 30.9 Å². The molecule has 0 aliphatic rings. The lowest BCUT2D eigenvalue weighted by Gasteiger charge is -2.16. The maximum atomic E-state index is 9.48. The summed E-state index contributed by atoms with van der Waals surface area (Å²) < 4.78 is 6.76. The Morgan fingerprint density at radius 1 is 1.41 bits per heavy atom. The first-order chi connectivity index (χ1) is 7.97. The number of aliphatic hydroxyl groups excluding tert-OH is 1. The SMILES string of the molecule is COCc1nn2c(CO)c(C(C)(C)C)nc2s1. The molecule has 17 heavy (non-hydrogen) atoms. The Morgan fingerprint density at radius 2 is 2.12 bits per heavy atom. The number of hydrogen-bond donors (Lipinski definition) is 1. The van der Waals surface area contributed by atoms with Gasteiger partial charge in [-0.05, 0) is 0 Å². The van der Waals surface area contributed by atoms with Crippen LogP contribution in [0.5, 0.6) is 0 Å². The molecule has 0 saturated carbocycles. The summed E-state index contributed by atoms with van der Waals surface area (Å²) in [4.78, 5) is 5.37. The van der Waals surface area contributed by atoms with E-state index in [4.69, 9.17) is 4.74 Å². The summed E-state index contributed by atoms with van der Waals surface area (Å²) in [5.41, 5.74) is 1.58. The van der Waals surface area contributed by atoms with E-state index < -0.39 is 0 Å². The molecular formula is C11H17N3O2S. The molecule has 6 heteroatoms.